The largest absolute Gasteiger partial charge is 0.489 e. The maximum Gasteiger partial charge on any atom is 0.160 e. The summed E-state index contributed by atoms with van der Waals surface area (Å²) in [6.45, 7) is 3.99. The predicted molar refractivity (Wildman–Crippen MR) is 77.2 cm³/mol. The number of rotatable bonds is 4. The molecule has 20 heavy (non-hydrogen) atoms. The summed E-state index contributed by atoms with van der Waals surface area (Å²) in [6, 6.07) is 7.77. The van der Waals surface area contributed by atoms with Crippen molar-refractivity contribution < 1.29 is 4.74 Å². The van der Waals surface area contributed by atoms with Gasteiger partial charge in [0.2, 0.25) is 0 Å². The Morgan fingerprint density at radius 3 is 2.90 bits per heavy atom. The van der Waals surface area contributed by atoms with Crippen LogP contribution in [0.15, 0.2) is 36.8 Å². The van der Waals surface area contributed by atoms with E-state index in [-0.39, 0.29) is 6.10 Å². The minimum atomic E-state index is 0.109. The summed E-state index contributed by atoms with van der Waals surface area (Å²) in [5.74, 6) is 1.49. The van der Waals surface area contributed by atoms with Crippen molar-refractivity contribution in [3.05, 3.63) is 36.8 Å². The topological polar surface area (TPSA) is 75.7 Å². The molecule has 2 N–H and O–H groups in total. The first-order chi connectivity index (χ1) is 9.74. The van der Waals surface area contributed by atoms with Crippen LogP contribution in [0, 0.1) is 0 Å². The van der Waals surface area contributed by atoms with Crippen LogP contribution in [0.25, 0.3) is 11.0 Å². The Labute approximate surface area is 116 Å². The second-order valence-electron chi connectivity index (χ2n) is 4.64. The first-order valence-corrected chi connectivity index (χ1v) is 6.41. The average molecular weight is 269 g/mol. The van der Waals surface area contributed by atoms with E-state index in [2.05, 4.69) is 25.5 Å². The van der Waals surface area contributed by atoms with Crippen molar-refractivity contribution in [3.8, 4) is 5.75 Å². The molecule has 2 aromatic heterocycles. The van der Waals surface area contributed by atoms with Crippen LogP contribution in [-0.4, -0.2) is 26.3 Å². The molecule has 0 saturated carbocycles. The van der Waals surface area contributed by atoms with Crippen LogP contribution in [0.5, 0.6) is 5.75 Å². The summed E-state index contributed by atoms with van der Waals surface area (Å²) in [6.07, 6.45) is 3.30. The lowest BCUT2D eigenvalue weighted by atomic mass is 10.2. The number of aromatic nitrogens is 4. The number of anilines is 2. The number of nitrogens with zero attached hydrogens (tertiary/aromatic N) is 3. The molecule has 6 heteroatoms. The summed E-state index contributed by atoms with van der Waals surface area (Å²) < 4.78 is 5.78. The third-order valence-electron chi connectivity index (χ3n) is 2.75. The van der Waals surface area contributed by atoms with E-state index in [1.165, 1.54) is 6.33 Å². The minimum Gasteiger partial charge on any atom is -0.489 e. The molecular weight excluding hydrogens is 254 g/mol. The lowest BCUT2D eigenvalue weighted by Crippen LogP contribution is -2.07. The summed E-state index contributed by atoms with van der Waals surface area (Å²) in [5, 5.41) is 10.9. The molecule has 0 unspecified atom stereocenters. The molecule has 0 aliphatic carbocycles. The van der Waals surface area contributed by atoms with Crippen molar-refractivity contribution in [3.63, 3.8) is 0 Å². The third-order valence-corrected chi connectivity index (χ3v) is 2.75. The van der Waals surface area contributed by atoms with Crippen LogP contribution in [-0.2, 0) is 0 Å². The minimum absolute atomic E-state index is 0.109. The Morgan fingerprint density at radius 1 is 1.20 bits per heavy atom. The molecule has 0 atom stereocenters. The molecule has 6 nitrogen and oxygen atoms in total. The molecule has 2 heterocycles. The molecule has 3 aromatic rings. The van der Waals surface area contributed by atoms with E-state index in [9.17, 15) is 0 Å². The SMILES string of the molecule is CC(C)Oc1ccccc1Nc1ncnc2[nH]ncc12. The number of aromatic amines is 1. The van der Waals surface area contributed by atoms with Crippen LogP contribution >= 0.6 is 0 Å². The van der Waals surface area contributed by atoms with Gasteiger partial charge in [0.05, 0.1) is 23.4 Å². The molecule has 0 aliphatic rings. The fourth-order valence-corrected chi connectivity index (χ4v) is 1.92. The molecule has 0 fully saturated rings. The maximum absolute atomic E-state index is 5.78. The van der Waals surface area contributed by atoms with Gasteiger partial charge in [-0.3, -0.25) is 5.10 Å². The monoisotopic (exact) mass is 269 g/mol. The van der Waals surface area contributed by atoms with Gasteiger partial charge in [-0.1, -0.05) is 12.1 Å². The van der Waals surface area contributed by atoms with Crippen LogP contribution < -0.4 is 10.1 Å². The van der Waals surface area contributed by atoms with Crippen LogP contribution in [0.1, 0.15) is 13.8 Å². The van der Waals surface area contributed by atoms with Crippen molar-refractivity contribution >= 4 is 22.5 Å². The van der Waals surface area contributed by atoms with Crippen LogP contribution in [0.4, 0.5) is 11.5 Å². The highest BCUT2D eigenvalue weighted by Gasteiger charge is 2.09. The zero-order valence-corrected chi connectivity index (χ0v) is 11.3. The smallest absolute Gasteiger partial charge is 0.160 e. The Morgan fingerprint density at radius 2 is 2.05 bits per heavy atom. The van der Waals surface area contributed by atoms with Gasteiger partial charge in [-0.15, -0.1) is 0 Å². The van der Waals surface area contributed by atoms with Crippen molar-refractivity contribution in [2.45, 2.75) is 20.0 Å². The van der Waals surface area contributed by atoms with Crippen LogP contribution in [0.3, 0.4) is 0 Å². The molecule has 0 aliphatic heterocycles. The fraction of sp³-hybridized carbons (Fsp3) is 0.214. The summed E-state index contributed by atoms with van der Waals surface area (Å²) in [7, 11) is 0. The lowest BCUT2D eigenvalue weighted by Gasteiger charge is -2.15. The highest BCUT2D eigenvalue weighted by molar-refractivity contribution is 5.88. The first kappa shape index (κ1) is 12.4. The quantitative estimate of drug-likeness (QED) is 0.761. The number of hydrogen-bond acceptors (Lipinski definition) is 5. The molecule has 0 saturated heterocycles. The average Bonchev–Trinajstić information content (AvgIpc) is 2.90. The zero-order valence-electron chi connectivity index (χ0n) is 11.3. The summed E-state index contributed by atoms with van der Waals surface area (Å²) in [5.41, 5.74) is 1.56. The van der Waals surface area contributed by atoms with Crippen molar-refractivity contribution in [1.29, 1.82) is 0 Å². The van der Waals surface area contributed by atoms with E-state index in [0.29, 0.717) is 11.5 Å². The standard InChI is InChI=1S/C14H15N5O/c1-9(2)20-12-6-4-3-5-11(12)18-13-10-7-17-19-14(10)16-8-15-13/h3-9H,1-2H3,(H2,15,16,17,18,19). The Bertz CT molecular complexity index is 722. The van der Waals surface area contributed by atoms with Gasteiger partial charge in [-0.25, -0.2) is 9.97 Å². The van der Waals surface area contributed by atoms with E-state index in [4.69, 9.17) is 4.74 Å². The predicted octanol–water partition coefficient (Wildman–Crippen LogP) is 2.88. The van der Waals surface area contributed by atoms with Crippen molar-refractivity contribution in [1.82, 2.24) is 20.2 Å². The highest BCUT2D eigenvalue weighted by atomic mass is 16.5. The van der Waals surface area contributed by atoms with Gasteiger partial charge in [-0.2, -0.15) is 5.10 Å². The van der Waals surface area contributed by atoms with Gasteiger partial charge in [0.1, 0.15) is 17.9 Å². The fourth-order valence-electron chi connectivity index (χ4n) is 1.92. The van der Waals surface area contributed by atoms with Crippen LogP contribution in [0.2, 0.25) is 0 Å². The molecule has 1 aromatic carbocycles. The number of fused-ring (bicyclic) bond motifs is 1. The highest BCUT2D eigenvalue weighted by Crippen LogP contribution is 2.29. The van der Waals surface area contributed by atoms with Gasteiger partial charge in [0, 0.05) is 0 Å². The van der Waals surface area contributed by atoms with Gasteiger partial charge in [-0.05, 0) is 26.0 Å². The number of ether oxygens (including phenoxy) is 1. The number of nitrogens with one attached hydrogen (secondary N) is 2. The lowest BCUT2D eigenvalue weighted by molar-refractivity contribution is 0.244. The molecule has 0 radical (unpaired) electrons. The third kappa shape index (κ3) is 2.40. The first-order valence-electron chi connectivity index (χ1n) is 6.41. The maximum atomic E-state index is 5.78. The van der Waals surface area contributed by atoms with E-state index in [1.54, 1.807) is 6.20 Å². The van der Waals surface area contributed by atoms with E-state index in [1.807, 2.05) is 38.1 Å². The van der Waals surface area contributed by atoms with Gasteiger partial charge in [0.25, 0.3) is 0 Å². The van der Waals surface area contributed by atoms with Gasteiger partial charge in [0.15, 0.2) is 5.65 Å². The van der Waals surface area contributed by atoms with E-state index < -0.39 is 0 Å². The Kier molecular flexibility index (Phi) is 3.20. The van der Waals surface area contributed by atoms with Gasteiger partial charge < -0.3 is 10.1 Å². The number of para-hydroxylation sites is 2. The number of H-pyrrole nitrogens is 1. The Hall–Kier alpha value is -2.63. The second-order valence-corrected chi connectivity index (χ2v) is 4.64. The van der Waals surface area contributed by atoms with E-state index >= 15 is 0 Å². The molecule has 0 bridgehead atoms. The molecule has 3 rings (SSSR count). The molecule has 0 spiro atoms. The van der Waals surface area contributed by atoms with Crippen molar-refractivity contribution in [2.75, 3.05) is 5.32 Å². The Balaban J connectivity index is 1.97. The van der Waals surface area contributed by atoms with E-state index in [0.717, 1.165) is 16.8 Å². The molecule has 0 amide bonds. The second kappa shape index (κ2) is 5.16. The zero-order chi connectivity index (χ0) is 13.9. The van der Waals surface area contributed by atoms with Gasteiger partial charge >= 0.3 is 0 Å². The molecule has 102 valence electrons. The summed E-state index contributed by atoms with van der Waals surface area (Å²) >= 11 is 0. The summed E-state index contributed by atoms with van der Waals surface area (Å²) in [4.78, 5) is 8.37. The number of hydrogen-bond donors (Lipinski definition) is 2. The molecular formula is C14H15N5O. The normalized spacial score (nSPS) is 10.9. The number of benzene rings is 1. The van der Waals surface area contributed by atoms with Crippen molar-refractivity contribution in [2.24, 2.45) is 0 Å².